The number of para-hydroxylation sites is 1. The Bertz CT molecular complexity index is 1460. The van der Waals surface area contributed by atoms with Gasteiger partial charge in [0.2, 0.25) is 0 Å². The molecule has 0 spiro atoms. The van der Waals surface area contributed by atoms with Gasteiger partial charge in [0, 0.05) is 10.8 Å². The van der Waals surface area contributed by atoms with Crippen LogP contribution in [0.1, 0.15) is 0 Å². The molecule has 0 aliphatic heterocycles. The molecule has 5 aromatic rings. The molecule has 3 aromatic carbocycles. The molecular formula is C22H16N2O3S. The smallest absolute Gasteiger partial charge is 0.268 e. The van der Waals surface area contributed by atoms with Crippen LogP contribution in [0.25, 0.3) is 32.8 Å². The Morgan fingerprint density at radius 2 is 1.61 bits per heavy atom. The molecule has 0 amide bonds. The summed E-state index contributed by atoms with van der Waals surface area (Å²) in [4.78, 5) is 5.00. The predicted molar refractivity (Wildman–Crippen MR) is 110 cm³/mol. The van der Waals surface area contributed by atoms with Crippen molar-refractivity contribution in [3.8, 4) is 5.75 Å². The molecule has 138 valence electrons. The van der Waals surface area contributed by atoms with Crippen molar-refractivity contribution in [3.05, 3.63) is 78.9 Å². The lowest BCUT2D eigenvalue weighted by molar-refractivity contribution is 0.415. The second-order valence-corrected chi connectivity index (χ2v) is 8.30. The summed E-state index contributed by atoms with van der Waals surface area (Å²) in [6, 6.07) is 23.4. The van der Waals surface area contributed by atoms with Crippen molar-refractivity contribution in [1.29, 1.82) is 0 Å². The first kappa shape index (κ1) is 16.8. The minimum Gasteiger partial charge on any atom is -0.497 e. The van der Waals surface area contributed by atoms with Crippen molar-refractivity contribution in [2.75, 3.05) is 7.11 Å². The van der Waals surface area contributed by atoms with Gasteiger partial charge in [0.1, 0.15) is 5.75 Å². The van der Waals surface area contributed by atoms with Gasteiger partial charge in [-0.2, -0.15) is 0 Å². The molecule has 0 aliphatic carbocycles. The summed E-state index contributed by atoms with van der Waals surface area (Å²) in [6.45, 7) is 0. The molecule has 5 rings (SSSR count). The summed E-state index contributed by atoms with van der Waals surface area (Å²) >= 11 is 0. The maximum Gasteiger partial charge on any atom is 0.268 e. The number of rotatable bonds is 3. The molecule has 0 aliphatic rings. The van der Waals surface area contributed by atoms with Gasteiger partial charge in [-0.1, -0.05) is 36.4 Å². The highest BCUT2D eigenvalue weighted by Gasteiger charge is 2.24. The topological polar surface area (TPSA) is 61.2 Å². The number of methoxy groups -OCH3 is 1. The number of aromatic nitrogens is 2. The lowest BCUT2D eigenvalue weighted by Crippen LogP contribution is -2.12. The Labute approximate surface area is 161 Å². The molecule has 0 saturated carbocycles. The van der Waals surface area contributed by atoms with Crippen LogP contribution >= 0.6 is 0 Å². The SMILES string of the molecule is COc1ccc2c(c1)c1nc3ccccc3cc1n2S(=O)(=O)c1ccccc1. The van der Waals surface area contributed by atoms with Gasteiger partial charge in [-0.15, -0.1) is 0 Å². The summed E-state index contributed by atoms with van der Waals surface area (Å²) in [7, 11) is -2.21. The number of hydrogen-bond donors (Lipinski definition) is 0. The molecule has 0 atom stereocenters. The summed E-state index contributed by atoms with van der Waals surface area (Å²) in [5.74, 6) is 0.651. The fourth-order valence-corrected chi connectivity index (χ4v) is 5.08. The first-order valence-electron chi connectivity index (χ1n) is 8.78. The minimum absolute atomic E-state index is 0.234. The number of pyridine rings is 1. The van der Waals surface area contributed by atoms with Crippen LogP contribution in [0.5, 0.6) is 5.75 Å². The highest BCUT2D eigenvalue weighted by molar-refractivity contribution is 7.90. The molecule has 0 bridgehead atoms. The predicted octanol–water partition coefficient (Wildman–Crippen LogP) is 4.59. The second kappa shape index (κ2) is 6.07. The molecule has 0 unspecified atom stereocenters. The average molecular weight is 388 g/mol. The van der Waals surface area contributed by atoms with Crippen molar-refractivity contribution in [3.63, 3.8) is 0 Å². The van der Waals surface area contributed by atoms with Crippen LogP contribution in [0.2, 0.25) is 0 Å². The van der Waals surface area contributed by atoms with E-state index in [0.717, 1.165) is 16.3 Å². The van der Waals surface area contributed by atoms with E-state index in [1.807, 2.05) is 36.4 Å². The highest BCUT2D eigenvalue weighted by Crippen LogP contribution is 2.35. The van der Waals surface area contributed by atoms with Crippen molar-refractivity contribution in [2.24, 2.45) is 0 Å². The molecule has 28 heavy (non-hydrogen) atoms. The van der Waals surface area contributed by atoms with Crippen molar-refractivity contribution in [1.82, 2.24) is 8.96 Å². The maximum atomic E-state index is 13.5. The van der Waals surface area contributed by atoms with E-state index in [-0.39, 0.29) is 4.90 Å². The van der Waals surface area contributed by atoms with Crippen molar-refractivity contribution in [2.45, 2.75) is 4.90 Å². The normalized spacial score (nSPS) is 12.0. The largest absolute Gasteiger partial charge is 0.497 e. The quantitative estimate of drug-likeness (QED) is 0.454. The molecule has 0 radical (unpaired) electrons. The molecule has 2 heterocycles. The van der Waals surface area contributed by atoms with Gasteiger partial charge in [-0.3, -0.25) is 0 Å². The third kappa shape index (κ3) is 2.38. The van der Waals surface area contributed by atoms with E-state index in [1.165, 1.54) is 3.97 Å². The lowest BCUT2D eigenvalue weighted by Gasteiger charge is -2.09. The number of fused-ring (bicyclic) bond motifs is 4. The zero-order valence-corrected chi connectivity index (χ0v) is 15.8. The fourth-order valence-electron chi connectivity index (χ4n) is 3.55. The van der Waals surface area contributed by atoms with Gasteiger partial charge in [0.15, 0.2) is 0 Å². The summed E-state index contributed by atoms with van der Waals surface area (Å²) < 4.78 is 33.8. The third-order valence-electron chi connectivity index (χ3n) is 4.88. The van der Waals surface area contributed by atoms with Gasteiger partial charge >= 0.3 is 0 Å². The summed E-state index contributed by atoms with van der Waals surface area (Å²) in [5.41, 5.74) is 2.56. The first-order chi connectivity index (χ1) is 13.6. The second-order valence-electron chi connectivity index (χ2n) is 6.51. The van der Waals surface area contributed by atoms with Crippen molar-refractivity contribution >= 4 is 42.9 Å². The molecule has 6 heteroatoms. The maximum absolute atomic E-state index is 13.5. The highest BCUT2D eigenvalue weighted by atomic mass is 32.2. The zero-order valence-electron chi connectivity index (χ0n) is 15.0. The van der Waals surface area contributed by atoms with E-state index in [2.05, 4.69) is 0 Å². The summed E-state index contributed by atoms with van der Waals surface area (Å²) in [6.07, 6.45) is 0. The average Bonchev–Trinajstić information content (AvgIpc) is 3.05. The van der Waals surface area contributed by atoms with Crippen LogP contribution in [-0.2, 0) is 10.0 Å². The number of benzene rings is 3. The number of hydrogen-bond acceptors (Lipinski definition) is 4. The molecule has 0 fully saturated rings. The lowest BCUT2D eigenvalue weighted by atomic mass is 10.2. The number of ether oxygens (including phenoxy) is 1. The molecule has 2 aromatic heterocycles. The first-order valence-corrected chi connectivity index (χ1v) is 10.2. The Balaban J connectivity index is 1.98. The van der Waals surface area contributed by atoms with Crippen LogP contribution in [-0.4, -0.2) is 24.5 Å². The minimum atomic E-state index is -3.80. The van der Waals surface area contributed by atoms with Crippen LogP contribution in [0.4, 0.5) is 0 Å². The fraction of sp³-hybridized carbons (Fsp3) is 0.0455. The third-order valence-corrected chi connectivity index (χ3v) is 6.62. The molecule has 0 saturated heterocycles. The van der Waals surface area contributed by atoms with Crippen LogP contribution < -0.4 is 4.74 Å². The van der Waals surface area contributed by atoms with Crippen molar-refractivity contribution < 1.29 is 13.2 Å². The van der Waals surface area contributed by atoms with E-state index in [4.69, 9.17) is 9.72 Å². The van der Waals surface area contributed by atoms with Crippen LogP contribution in [0, 0.1) is 0 Å². The van der Waals surface area contributed by atoms with E-state index in [9.17, 15) is 8.42 Å². The van der Waals surface area contributed by atoms with Gasteiger partial charge < -0.3 is 4.74 Å². The molecular weight excluding hydrogens is 372 g/mol. The van der Waals surface area contributed by atoms with Gasteiger partial charge in [-0.05, 0) is 42.5 Å². The van der Waals surface area contributed by atoms with Crippen LogP contribution in [0.15, 0.2) is 83.8 Å². The Kier molecular flexibility index (Phi) is 3.64. The Morgan fingerprint density at radius 1 is 0.857 bits per heavy atom. The summed E-state index contributed by atoms with van der Waals surface area (Å²) in [5, 5.41) is 1.62. The standard InChI is InChI=1S/C22H16N2O3S/c1-27-16-11-12-20-18(14-16)22-21(13-15-7-5-6-10-19(15)23-22)24(20)28(25,26)17-8-3-2-4-9-17/h2-14H,1H3. The Hall–Kier alpha value is -3.38. The molecule has 0 N–H and O–H groups in total. The van der Waals surface area contributed by atoms with Gasteiger partial charge in [0.25, 0.3) is 10.0 Å². The van der Waals surface area contributed by atoms with E-state index in [1.54, 1.807) is 49.6 Å². The Morgan fingerprint density at radius 3 is 2.39 bits per heavy atom. The van der Waals surface area contributed by atoms with Gasteiger partial charge in [-0.25, -0.2) is 17.4 Å². The number of nitrogens with zero attached hydrogens (tertiary/aromatic N) is 2. The monoisotopic (exact) mass is 388 g/mol. The van der Waals surface area contributed by atoms with Gasteiger partial charge in [0.05, 0.1) is 34.1 Å². The van der Waals surface area contributed by atoms with E-state index >= 15 is 0 Å². The van der Waals surface area contributed by atoms with E-state index in [0.29, 0.717) is 22.3 Å². The zero-order chi connectivity index (χ0) is 19.3. The van der Waals surface area contributed by atoms with Crippen LogP contribution in [0.3, 0.4) is 0 Å². The molecule has 5 nitrogen and oxygen atoms in total. The van der Waals surface area contributed by atoms with E-state index < -0.39 is 10.0 Å².